The van der Waals surface area contributed by atoms with E-state index in [2.05, 4.69) is 51.8 Å². The molecule has 5 heteroatoms. The number of unbranched alkanes of at least 4 members (excludes halogenated alkanes) is 1. The molecular formula is C23H28N4O. The van der Waals surface area contributed by atoms with Crippen LogP contribution in [-0.4, -0.2) is 30.2 Å². The summed E-state index contributed by atoms with van der Waals surface area (Å²) in [6.45, 7) is 3.83. The van der Waals surface area contributed by atoms with Crippen molar-refractivity contribution < 1.29 is 4.74 Å². The van der Waals surface area contributed by atoms with Crippen LogP contribution in [0.2, 0.25) is 0 Å². The van der Waals surface area contributed by atoms with Crippen molar-refractivity contribution >= 4 is 11.8 Å². The number of nitrogens with one attached hydrogen (secondary N) is 2. The molecule has 0 unspecified atom stereocenters. The molecule has 0 amide bonds. The summed E-state index contributed by atoms with van der Waals surface area (Å²) < 4.78 is 5.30. The lowest BCUT2D eigenvalue weighted by atomic mass is 10.1. The van der Waals surface area contributed by atoms with Gasteiger partial charge in [-0.05, 0) is 30.5 Å². The number of hydrogen-bond acceptors (Lipinski definition) is 5. The molecule has 2 aromatic carbocycles. The Bertz CT molecular complexity index is 867. The van der Waals surface area contributed by atoms with Crippen LogP contribution in [-0.2, 0) is 6.42 Å². The fourth-order valence-corrected chi connectivity index (χ4v) is 2.91. The third-order valence-electron chi connectivity index (χ3n) is 4.46. The molecule has 0 radical (unpaired) electrons. The maximum absolute atomic E-state index is 5.30. The van der Waals surface area contributed by atoms with Gasteiger partial charge in [0, 0.05) is 24.7 Å². The molecule has 1 aromatic heterocycles. The molecule has 0 fully saturated rings. The standard InChI is InChI=1S/C23H28N4O/c1-3-4-14-25-23-26-21(19-10-6-5-7-11-19)17-22(27-23)24-15-13-18-9-8-12-20(16-18)28-2/h5-12,16-17H,3-4,13-15H2,1-2H3,(H2,24,25,26,27). The van der Waals surface area contributed by atoms with Crippen molar-refractivity contribution in [1.82, 2.24) is 9.97 Å². The van der Waals surface area contributed by atoms with Crippen LogP contribution in [0.4, 0.5) is 11.8 Å². The number of ether oxygens (including phenoxy) is 1. The van der Waals surface area contributed by atoms with Gasteiger partial charge in [0.05, 0.1) is 12.8 Å². The van der Waals surface area contributed by atoms with Crippen LogP contribution in [0.15, 0.2) is 60.7 Å². The van der Waals surface area contributed by atoms with Crippen molar-refractivity contribution in [2.45, 2.75) is 26.2 Å². The van der Waals surface area contributed by atoms with Gasteiger partial charge < -0.3 is 15.4 Å². The predicted molar refractivity (Wildman–Crippen MR) is 116 cm³/mol. The van der Waals surface area contributed by atoms with Gasteiger partial charge in [0.15, 0.2) is 0 Å². The highest BCUT2D eigenvalue weighted by Crippen LogP contribution is 2.21. The van der Waals surface area contributed by atoms with Crippen LogP contribution in [0.25, 0.3) is 11.3 Å². The number of methoxy groups -OCH3 is 1. The summed E-state index contributed by atoms with van der Waals surface area (Å²) in [5.74, 6) is 2.38. The number of aromatic nitrogens is 2. The largest absolute Gasteiger partial charge is 0.497 e. The van der Waals surface area contributed by atoms with Gasteiger partial charge in [-0.1, -0.05) is 55.8 Å². The Morgan fingerprint density at radius 3 is 2.54 bits per heavy atom. The van der Waals surface area contributed by atoms with Crippen LogP contribution in [0.5, 0.6) is 5.75 Å². The molecular weight excluding hydrogens is 348 g/mol. The van der Waals surface area contributed by atoms with Crippen molar-refractivity contribution in [1.29, 1.82) is 0 Å². The van der Waals surface area contributed by atoms with Gasteiger partial charge in [-0.2, -0.15) is 4.98 Å². The number of anilines is 2. The molecule has 5 nitrogen and oxygen atoms in total. The average molecular weight is 377 g/mol. The summed E-state index contributed by atoms with van der Waals surface area (Å²) in [7, 11) is 1.69. The molecule has 0 spiro atoms. The highest BCUT2D eigenvalue weighted by atomic mass is 16.5. The van der Waals surface area contributed by atoms with Gasteiger partial charge in [-0.15, -0.1) is 0 Å². The van der Waals surface area contributed by atoms with Crippen LogP contribution in [0, 0.1) is 0 Å². The van der Waals surface area contributed by atoms with Gasteiger partial charge in [0.25, 0.3) is 0 Å². The van der Waals surface area contributed by atoms with Gasteiger partial charge >= 0.3 is 0 Å². The molecule has 3 aromatic rings. The normalized spacial score (nSPS) is 10.5. The second kappa shape index (κ2) is 10.3. The van der Waals surface area contributed by atoms with Crippen molar-refractivity contribution in [3.8, 4) is 17.0 Å². The number of nitrogens with zero attached hydrogens (tertiary/aromatic N) is 2. The highest BCUT2D eigenvalue weighted by molar-refractivity contribution is 5.64. The molecule has 0 bridgehead atoms. The van der Waals surface area contributed by atoms with E-state index in [-0.39, 0.29) is 0 Å². The van der Waals surface area contributed by atoms with Gasteiger partial charge in [-0.25, -0.2) is 4.98 Å². The summed E-state index contributed by atoms with van der Waals surface area (Å²) in [6.07, 6.45) is 3.12. The van der Waals surface area contributed by atoms with Gasteiger partial charge in [-0.3, -0.25) is 0 Å². The third kappa shape index (κ3) is 5.71. The minimum Gasteiger partial charge on any atom is -0.497 e. The summed E-state index contributed by atoms with van der Waals surface area (Å²) in [4.78, 5) is 9.32. The SMILES string of the molecule is CCCCNc1nc(NCCc2cccc(OC)c2)cc(-c2ccccc2)n1. The summed E-state index contributed by atoms with van der Waals surface area (Å²) >= 11 is 0. The molecule has 3 rings (SSSR count). The van der Waals surface area contributed by atoms with Crippen molar-refractivity contribution in [2.75, 3.05) is 30.8 Å². The summed E-state index contributed by atoms with van der Waals surface area (Å²) in [6, 6.07) is 20.4. The molecule has 0 saturated carbocycles. The Hall–Kier alpha value is -3.08. The maximum atomic E-state index is 5.30. The quantitative estimate of drug-likeness (QED) is 0.487. The molecule has 0 aliphatic rings. The Kier molecular flexibility index (Phi) is 7.24. The minimum absolute atomic E-state index is 0.665. The van der Waals surface area contributed by atoms with Crippen LogP contribution in [0.3, 0.4) is 0 Å². The van der Waals surface area contributed by atoms with Crippen molar-refractivity contribution in [2.24, 2.45) is 0 Å². The van der Waals surface area contributed by atoms with Crippen LogP contribution < -0.4 is 15.4 Å². The zero-order valence-corrected chi connectivity index (χ0v) is 16.6. The lowest BCUT2D eigenvalue weighted by Gasteiger charge is -2.12. The first-order valence-electron chi connectivity index (χ1n) is 9.83. The molecule has 0 atom stereocenters. The lowest BCUT2D eigenvalue weighted by Crippen LogP contribution is -2.10. The first-order chi connectivity index (χ1) is 13.8. The second-order valence-electron chi connectivity index (χ2n) is 6.64. The van der Waals surface area contributed by atoms with Crippen LogP contribution >= 0.6 is 0 Å². The van der Waals surface area contributed by atoms with E-state index in [1.54, 1.807) is 7.11 Å². The molecule has 1 heterocycles. The predicted octanol–water partition coefficient (Wildman–Crippen LogP) is 5.02. The second-order valence-corrected chi connectivity index (χ2v) is 6.64. The fourth-order valence-electron chi connectivity index (χ4n) is 2.91. The lowest BCUT2D eigenvalue weighted by molar-refractivity contribution is 0.414. The smallest absolute Gasteiger partial charge is 0.225 e. The molecule has 0 saturated heterocycles. The van der Waals surface area contributed by atoms with Crippen LogP contribution in [0.1, 0.15) is 25.3 Å². The van der Waals surface area contributed by atoms with E-state index in [0.717, 1.165) is 55.2 Å². The Labute approximate surface area is 167 Å². The number of hydrogen-bond donors (Lipinski definition) is 2. The molecule has 0 aliphatic heterocycles. The van der Waals surface area contributed by atoms with E-state index in [1.165, 1.54) is 5.56 Å². The maximum Gasteiger partial charge on any atom is 0.225 e. The minimum atomic E-state index is 0.665. The first-order valence-corrected chi connectivity index (χ1v) is 9.83. The van der Waals surface area contributed by atoms with Crippen molar-refractivity contribution in [3.63, 3.8) is 0 Å². The summed E-state index contributed by atoms with van der Waals surface area (Å²) in [5, 5.41) is 6.78. The van der Waals surface area contributed by atoms with E-state index in [4.69, 9.17) is 4.74 Å². The Morgan fingerprint density at radius 2 is 1.75 bits per heavy atom. The topological polar surface area (TPSA) is 59.1 Å². The van der Waals surface area contributed by atoms with E-state index >= 15 is 0 Å². The van der Waals surface area contributed by atoms with Gasteiger partial charge in [0.1, 0.15) is 11.6 Å². The van der Waals surface area contributed by atoms with E-state index < -0.39 is 0 Å². The molecule has 2 N–H and O–H groups in total. The third-order valence-corrected chi connectivity index (χ3v) is 4.46. The number of benzene rings is 2. The van der Waals surface area contributed by atoms with E-state index in [9.17, 15) is 0 Å². The first kappa shape index (κ1) is 19.7. The monoisotopic (exact) mass is 376 g/mol. The fraction of sp³-hybridized carbons (Fsp3) is 0.304. The molecule has 146 valence electrons. The van der Waals surface area contributed by atoms with Gasteiger partial charge in [0.2, 0.25) is 5.95 Å². The Morgan fingerprint density at radius 1 is 0.893 bits per heavy atom. The highest BCUT2D eigenvalue weighted by Gasteiger charge is 2.07. The average Bonchev–Trinajstić information content (AvgIpc) is 2.75. The zero-order chi connectivity index (χ0) is 19.6. The zero-order valence-electron chi connectivity index (χ0n) is 16.6. The Balaban J connectivity index is 1.72. The van der Waals surface area contributed by atoms with E-state index in [0.29, 0.717) is 5.95 Å². The molecule has 28 heavy (non-hydrogen) atoms. The van der Waals surface area contributed by atoms with Crippen molar-refractivity contribution in [3.05, 3.63) is 66.2 Å². The number of rotatable bonds is 10. The summed E-state index contributed by atoms with van der Waals surface area (Å²) in [5.41, 5.74) is 3.23. The van der Waals surface area contributed by atoms with E-state index in [1.807, 2.05) is 36.4 Å². The molecule has 0 aliphatic carbocycles.